The lowest BCUT2D eigenvalue weighted by Gasteiger charge is -2.04. The van der Waals surface area contributed by atoms with Crippen molar-refractivity contribution in [1.82, 2.24) is 20.3 Å². The number of amides is 1. The van der Waals surface area contributed by atoms with Gasteiger partial charge in [-0.2, -0.15) is 5.10 Å². The Morgan fingerprint density at radius 1 is 1.19 bits per heavy atom. The predicted octanol–water partition coefficient (Wildman–Crippen LogP) is 1.63. The normalized spacial score (nSPS) is 10.5. The van der Waals surface area contributed by atoms with Crippen LogP contribution in [0.25, 0.3) is 0 Å². The Morgan fingerprint density at radius 3 is 2.85 bits per heavy atom. The van der Waals surface area contributed by atoms with Crippen molar-refractivity contribution in [1.29, 1.82) is 0 Å². The molecule has 0 saturated carbocycles. The monoisotopic (exact) mass is 354 g/mol. The van der Waals surface area contributed by atoms with E-state index in [0.29, 0.717) is 26.1 Å². The van der Waals surface area contributed by atoms with Crippen LogP contribution in [-0.2, 0) is 13.2 Å². The maximum atomic E-state index is 12.0. The lowest BCUT2D eigenvalue weighted by Crippen LogP contribution is -2.27. The number of ether oxygens (including phenoxy) is 1. The number of hydrogen-bond acceptors (Lipinski definition) is 6. The van der Waals surface area contributed by atoms with E-state index in [9.17, 15) is 9.59 Å². The van der Waals surface area contributed by atoms with Crippen LogP contribution in [0.1, 0.15) is 22.5 Å². The number of aromatic nitrogens is 3. The van der Waals surface area contributed by atoms with Crippen molar-refractivity contribution >= 4 is 5.91 Å². The number of benzene rings is 1. The van der Waals surface area contributed by atoms with Crippen LogP contribution in [0.2, 0.25) is 0 Å². The molecule has 0 radical (unpaired) electrons. The third-order valence-corrected chi connectivity index (χ3v) is 3.56. The molecule has 1 aromatic carbocycles. The third kappa shape index (κ3) is 4.79. The van der Waals surface area contributed by atoms with E-state index in [1.807, 2.05) is 30.3 Å². The maximum absolute atomic E-state index is 12.0. The van der Waals surface area contributed by atoms with E-state index >= 15 is 0 Å². The molecule has 134 valence electrons. The lowest BCUT2D eigenvalue weighted by molar-refractivity contribution is 0.0915. The highest BCUT2D eigenvalue weighted by Crippen LogP contribution is 2.13. The molecule has 1 amide bonds. The van der Waals surface area contributed by atoms with Crippen molar-refractivity contribution in [3.05, 3.63) is 76.4 Å². The van der Waals surface area contributed by atoms with Crippen molar-refractivity contribution in [3.8, 4) is 5.88 Å². The predicted molar refractivity (Wildman–Crippen MR) is 92.7 cm³/mol. The Bertz CT molecular complexity index is 905. The fourth-order valence-corrected chi connectivity index (χ4v) is 2.24. The summed E-state index contributed by atoms with van der Waals surface area (Å²) in [6, 6.07) is 14.1. The second kappa shape index (κ2) is 8.61. The van der Waals surface area contributed by atoms with E-state index in [1.165, 1.54) is 16.8 Å². The summed E-state index contributed by atoms with van der Waals surface area (Å²) in [6.45, 7) is 1.14. The molecule has 2 aromatic heterocycles. The minimum atomic E-state index is -0.388. The first-order valence-corrected chi connectivity index (χ1v) is 8.16. The van der Waals surface area contributed by atoms with Gasteiger partial charge in [-0.3, -0.25) is 9.59 Å². The molecule has 8 heteroatoms. The smallest absolute Gasteiger partial charge is 0.290 e. The molecule has 0 atom stereocenters. The van der Waals surface area contributed by atoms with E-state index < -0.39 is 0 Å². The van der Waals surface area contributed by atoms with Gasteiger partial charge in [-0.25, -0.2) is 4.68 Å². The number of aryl methyl sites for hydroxylation is 1. The van der Waals surface area contributed by atoms with Crippen molar-refractivity contribution in [2.75, 3.05) is 6.54 Å². The Kier molecular flexibility index (Phi) is 5.76. The summed E-state index contributed by atoms with van der Waals surface area (Å²) >= 11 is 0. The number of carbonyl (C=O) groups is 1. The molecule has 3 rings (SSSR count). The third-order valence-electron chi connectivity index (χ3n) is 3.56. The molecule has 0 aliphatic carbocycles. The molecular weight excluding hydrogens is 336 g/mol. The van der Waals surface area contributed by atoms with E-state index in [0.717, 1.165) is 5.56 Å². The Labute approximate surface area is 149 Å². The van der Waals surface area contributed by atoms with Crippen molar-refractivity contribution in [2.45, 2.75) is 19.6 Å². The summed E-state index contributed by atoms with van der Waals surface area (Å²) in [5, 5.41) is 10.4. The van der Waals surface area contributed by atoms with Gasteiger partial charge in [0.05, 0.1) is 6.07 Å². The molecule has 0 unspecified atom stereocenters. The molecule has 8 nitrogen and oxygen atoms in total. The second-order valence-electron chi connectivity index (χ2n) is 5.50. The minimum absolute atomic E-state index is 0.0723. The SMILES string of the molecule is O=C(NCCCn1ncccc1=O)c1cc(OCc2ccccc2)no1. The summed E-state index contributed by atoms with van der Waals surface area (Å²) in [4.78, 5) is 23.5. The molecule has 2 heterocycles. The zero-order chi connectivity index (χ0) is 18.2. The van der Waals surface area contributed by atoms with Gasteiger partial charge in [-0.1, -0.05) is 30.3 Å². The van der Waals surface area contributed by atoms with Gasteiger partial charge in [0.15, 0.2) is 0 Å². The van der Waals surface area contributed by atoms with Crippen LogP contribution >= 0.6 is 0 Å². The lowest BCUT2D eigenvalue weighted by atomic mass is 10.2. The molecule has 0 saturated heterocycles. The van der Waals surface area contributed by atoms with Crippen LogP contribution in [0.4, 0.5) is 0 Å². The van der Waals surface area contributed by atoms with Crippen LogP contribution in [-0.4, -0.2) is 27.4 Å². The zero-order valence-electron chi connectivity index (χ0n) is 14.0. The van der Waals surface area contributed by atoms with E-state index in [4.69, 9.17) is 9.26 Å². The maximum Gasteiger partial charge on any atom is 0.290 e. The highest BCUT2D eigenvalue weighted by atomic mass is 16.5. The number of nitrogens with zero attached hydrogens (tertiary/aromatic N) is 3. The molecule has 1 N–H and O–H groups in total. The van der Waals surface area contributed by atoms with Gasteiger partial charge in [0, 0.05) is 25.4 Å². The van der Waals surface area contributed by atoms with Crippen LogP contribution in [0.5, 0.6) is 5.88 Å². The highest BCUT2D eigenvalue weighted by Gasteiger charge is 2.13. The van der Waals surface area contributed by atoms with Gasteiger partial charge in [-0.05, 0) is 23.2 Å². The molecule has 0 bridgehead atoms. The van der Waals surface area contributed by atoms with Crippen molar-refractivity contribution in [3.63, 3.8) is 0 Å². The Balaban J connectivity index is 1.43. The summed E-state index contributed by atoms with van der Waals surface area (Å²) in [7, 11) is 0. The molecular formula is C18H18N4O4. The van der Waals surface area contributed by atoms with Crippen LogP contribution in [0, 0.1) is 0 Å². The first-order chi connectivity index (χ1) is 12.7. The van der Waals surface area contributed by atoms with Gasteiger partial charge in [0.2, 0.25) is 5.76 Å². The van der Waals surface area contributed by atoms with E-state index in [2.05, 4.69) is 15.6 Å². The van der Waals surface area contributed by atoms with Crippen molar-refractivity contribution < 1.29 is 14.1 Å². The topological polar surface area (TPSA) is 99.2 Å². The van der Waals surface area contributed by atoms with Gasteiger partial charge >= 0.3 is 0 Å². The van der Waals surface area contributed by atoms with E-state index in [1.54, 1.807) is 12.3 Å². The van der Waals surface area contributed by atoms with Crippen LogP contribution < -0.4 is 15.6 Å². The summed E-state index contributed by atoms with van der Waals surface area (Å²) in [6.07, 6.45) is 2.11. The summed E-state index contributed by atoms with van der Waals surface area (Å²) in [5.41, 5.74) is 0.820. The molecule has 0 aliphatic rings. The van der Waals surface area contributed by atoms with Gasteiger partial charge in [0.1, 0.15) is 6.61 Å². The fraction of sp³-hybridized carbons (Fsp3) is 0.222. The number of nitrogens with one attached hydrogen (secondary N) is 1. The Morgan fingerprint density at radius 2 is 2.04 bits per heavy atom. The minimum Gasteiger partial charge on any atom is -0.471 e. The number of carbonyl (C=O) groups excluding carboxylic acids is 1. The quantitative estimate of drug-likeness (QED) is 0.617. The van der Waals surface area contributed by atoms with Crippen LogP contribution in [0.3, 0.4) is 0 Å². The average Bonchev–Trinajstić information content (AvgIpc) is 3.15. The van der Waals surface area contributed by atoms with Gasteiger partial charge in [0.25, 0.3) is 17.3 Å². The first-order valence-electron chi connectivity index (χ1n) is 8.16. The first kappa shape index (κ1) is 17.4. The van der Waals surface area contributed by atoms with Crippen molar-refractivity contribution in [2.24, 2.45) is 0 Å². The van der Waals surface area contributed by atoms with E-state index in [-0.39, 0.29) is 23.1 Å². The molecule has 3 aromatic rings. The second-order valence-corrected chi connectivity index (χ2v) is 5.50. The molecule has 0 fully saturated rings. The van der Waals surface area contributed by atoms with Crippen LogP contribution in [0.15, 0.2) is 64.0 Å². The van der Waals surface area contributed by atoms with Gasteiger partial charge < -0.3 is 14.6 Å². The van der Waals surface area contributed by atoms with Gasteiger partial charge in [-0.15, -0.1) is 0 Å². The Hall–Kier alpha value is -3.42. The summed E-state index contributed by atoms with van der Waals surface area (Å²) < 4.78 is 11.8. The standard InChI is InChI=1S/C18H18N4O4/c23-17-8-4-10-20-22(17)11-5-9-19-18(24)15-12-16(21-26-15)25-13-14-6-2-1-3-7-14/h1-4,6-8,10,12H,5,9,11,13H2,(H,19,24). The fourth-order valence-electron chi connectivity index (χ4n) is 2.24. The molecule has 26 heavy (non-hydrogen) atoms. The zero-order valence-corrected chi connectivity index (χ0v) is 14.0. The number of rotatable bonds is 8. The largest absolute Gasteiger partial charge is 0.471 e. The molecule has 0 spiro atoms. The highest BCUT2D eigenvalue weighted by molar-refractivity contribution is 5.91. The molecule has 0 aliphatic heterocycles. The average molecular weight is 354 g/mol. The number of hydrogen-bond donors (Lipinski definition) is 1. The summed E-state index contributed by atoms with van der Waals surface area (Å²) in [5.74, 6) is -0.0671.